The molecule has 0 aliphatic carbocycles. The average Bonchev–Trinajstić information content (AvgIpc) is 2.53. The summed E-state index contributed by atoms with van der Waals surface area (Å²) in [5, 5.41) is 2.46. The standard InChI is InChI=1S/C19H22F2N2O3S/c1-5-18(19(24)22-14-6-7-16(20)17(21)11-14)23(27(4,25)26)15-9-12(2)8-13(3)10-15/h6-11,18H,5H2,1-4H3,(H,22,24)/t18-/m1/s1. The van der Waals surface area contributed by atoms with Crippen LogP contribution in [0.15, 0.2) is 36.4 Å². The minimum absolute atomic E-state index is 0.0474. The fraction of sp³-hybridized carbons (Fsp3) is 0.316. The van der Waals surface area contributed by atoms with E-state index in [1.807, 2.05) is 19.9 Å². The van der Waals surface area contributed by atoms with E-state index in [-0.39, 0.29) is 12.1 Å². The molecule has 8 heteroatoms. The van der Waals surface area contributed by atoms with E-state index in [4.69, 9.17) is 0 Å². The molecule has 0 heterocycles. The maximum Gasteiger partial charge on any atom is 0.248 e. The highest BCUT2D eigenvalue weighted by molar-refractivity contribution is 7.92. The number of halogens is 2. The van der Waals surface area contributed by atoms with Crippen LogP contribution in [-0.4, -0.2) is 26.6 Å². The number of carbonyl (C=O) groups excluding carboxylic acids is 1. The second-order valence-corrected chi connectivity index (χ2v) is 8.31. The normalized spacial score (nSPS) is 12.5. The van der Waals surface area contributed by atoms with Gasteiger partial charge in [-0.1, -0.05) is 13.0 Å². The monoisotopic (exact) mass is 396 g/mol. The van der Waals surface area contributed by atoms with Crippen LogP contribution in [0.5, 0.6) is 0 Å². The summed E-state index contributed by atoms with van der Waals surface area (Å²) in [4.78, 5) is 12.7. The third-order valence-electron chi connectivity index (χ3n) is 3.98. The van der Waals surface area contributed by atoms with Gasteiger partial charge < -0.3 is 5.32 Å². The van der Waals surface area contributed by atoms with Crippen molar-refractivity contribution in [3.8, 4) is 0 Å². The van der Waals surface area contributed by atoms with Crippen molar-refractivity contribution >= 4 is 27.3 Å². The number of benzene rings is 2. The molecule has 1 atom stereocenters. The first-order valence-corrected chi connectivity index (χ1v) is 10.2. The van der Waals surface area contributed by atoms with Crippen molar-refractivity contribution in [2.75, 3.05) is 15.9 Å². The highest BCUT2D eigenvalue weighted by Gasteiger charge is 2.31. The van der Waals surface area contributed by atoms with Crippen LogP contribution in [-0.2, 0) is 14.8 Å². The van der Waals surface area contributed by atoms with E-state index in [0.717, 1.165) is 33.8 Å². The van der Waals surface area contributed by atoms with Gasteiger partial charge in [0.1, 0.15) is 6.04 Å². The van der Waals surface area contributed by atoms with Crippen molar-refractivity contribution in [2.24, 2.45) is 0 Å². The molecule has 0 radical (unpaired) electrons. The lowest BCUT2D eigenvalue weighted by Crippen LogP contribution is -2.47. The SMILES string of the molecule is CC[C@H](C(=O)Nc1ccc(F)c(F)c1)N(c1cc(C)cc(C)c1)S(C)(=O)=O. The van der Waals surface area contributed by atoms with Crippen LogP contribution >= 0.6 is 0 Å². The van der Waals surface area contributed by atoms with Crippen LogP contribution < -0.4 is 9.62 Å². The molecule has 0 spiro atoms. The van der Waals surface area contributed by atoms with Gasteiger partial charge in [0.25, 0.3) is 0 Å². The molecule has 2 rings (SSSR count). The topological polar surface area (TPSA) is 66.5 Å². The molecular formula is C19H22F2N2O3S. The number of aryl methyl sites for hydroxylation is 2. The predicted molar refractivity (Wildman–Crippen MR) is 102 cm³/mol. The van der Waals surface area contributed by atoms with Crippen molar-refractivity contribution in [2.45, 2.75) is 33.2 Å². The summed E-state index contributed by atoms with van der Waals surface area (Å²) in [5.74, 6) is -2.77. The molecule has 27 heavy (non-hydrogen) atoms. The zero-order valence-corrected chi connectivity index (χ0v) is 16.4. The van der Waals surface area contributed by atoms with Crippen molar-refractivity contribution in [3.63, 3.8) is 0 Å². The lowest BCUT2D eigenvalue weighted by molar-refractivity contribution is -0.117. The lowest BCUT2D eigenvalue weighted by atomic mass is 10.1. The van der Waals surface area contributed by atoms with Gasteiger partial charge in [-0.2, -0.15) is 0 Å². The quantitative estimate of drug-likeness (QED) is 0.808. The van der Waals surface area contributed by atoms with Crippen LogP contribution in [0.1, 0.15) is 24.5 Å². The minimum atomic E-state index is -3.78. The number of anilines is 2. The molecule has 0 bridgehead atoms. The lowest BCUT2D eigenvalue weighted by Gasteiger charge is -2.30. The summed E-state index contributed by atoms with van der Waals surface area (Å²) in [6.45, 7) is 5.34. The number of nitrogens with zero attached hydrogens (tertiary/aromatic N) is 1. The Hall–Kier alpha value is -2.48. The van der Waals surface area contributed by atoms with Gasteiger partial charge >= 0.3 is 0 Å². The molecule has 0 unspecified atom stereocenters. The average molecular weight is 396 g/mol. The van der Waals surface area contributed by atoms with Gasteiger partial charge in [0.15, 0.2) is 11.6 Å². The van der Waals surface area contributed by atoms with E-state index in [1.165, 1.54) is 6.07 Å². The Kier molecular flexibility index (Phi) is 6.20. The number of sulfonamides is 1. The third-order valence-corrected chi connectivity index (χ3v) is 5.16. The van der Waals surface area contributed by atoms with E-state index in [0.29, 0.717) is 5.69 Å². The van der Waals surface area contributed by atoms with E-state index >= 15 is 0 Å². The Labute approximate surface area is 158 Å². The highest BCUT2D eigenvalue weighted by Crippen LogP contribution is 2.26. The molecule has 2 aromatic carbocycles. The molecule has 1 amide bonds. The predicted octanol–water partition coefficient (Wildman–Crippen LogP) is 3.76. The van der Waals surface area contributed by atoms with Crippen molar-refractivity contribution < 1.29 is 22.0 Å². The van der Waals surface area contributed by atoms with Gasteiger partial charge in [-0.05, 0) is 55.7 Å². The Balaban J connectivity index is 2.42. The molecule has 0 saturated carbocycles. The van der Waals surface area contributed by atoms with Gasteiger partial charge in [-0.15, -0.1) is 0 Å². The summed E-state index contributed by atoms with van der Waals surface area (Å²) >= 11 is 0. The molecule has 0 aromatic heterocycles. The maximum atomic E-state index is 13.4. The van der Waals surface area contributed by atoms with Crippen molar-refractivity contribution in [1.82, 2.24) is 0 Å². The smallest absolute Gasteiger partial charge is 0.248 e. The van der Waals surface area contributed by atoms with Crippen molar-refractivity contribution in [1.29, 1.82) is 0 Å². The maximum absolute atomic E-state index is 13.4. The van der Waals surface area contributed by atoms with Crippen LogP contribution in [0.3, 0.4) is 0 Å². The molecule has 5 nitrogen and oxygen atoms in total. The van der Waals surface area contributed by atoms with Gasteiger partial charge in [-0.25, -0.2) is 17.2 Å². The number of hydrogen-bond donors (Lipinski definition) is 1. The Morgan fingerprint density at radius 2 is 1.67 bits per heavy atom. The fourth-order valence-electron chi connectivity index (χ4n) is 2.94. The largest absolute Gasteiger partial charge is 0.324 e. The second kappa shape index (κ2) is 8.04. The van der Waals surface area contributed by atoms with E-state index in [1.54, 1.807) is 19.1 Å². The minimum Gasteiger partial charge on any atom is -0.324 e. The molecule has 0 saturated heterocycles. The molecule has 0 aliphatic heterocycles. The molecule has 2 aromatic rings. The van der Waals surface area contributed by atoms with Crippen LogP contribution in [0.2, 0.25) is 0 Å². The zero-order valence-electron chi connectivity index (χ0n) is 15.6. The number of carbonyl (C=O) groups is 1. The zero-order chi connectivity index (χ0) is 20.4. The third kappa shape index (κ3) is 5.03. The summed E-state index contributed by atoms with van der Waals surface area (Å²) in [7, 11) is -3.78. The highest BCUT2D eigenvalue weighted by atomic mass is 32.2. The molecule has 146 valence electrons. The molecule has 1 N–H and O–H groups in total. The second-order valence-electron chi connectivity index (χ2n) is 6.45. The van der Waals surface area contributed by atoms with Crippen LogP contribution in [0, 0.1) is 25.5 Å². The molecule has 0 aliphatic rings. The Morgan fingerprint density at radius 1 is 1.07 bits per heavy atom. The van der Waals surface area contributed by atoms with Gasteiger partial charge in [-0.3, -0.25) is 9.10 Å². The molecular weight excluding hydrogens is 374 g/mol. The summed E-state index contributed by atoms with van der Waals surface area (Å²) in [5.41, 5.74) is 2.14. The number of nitrogens with one attached hydrogen (secondary N) is 1. The first kappa shape index (κ1) is 20.8. The fourth-order valence-corrected chi connectivity index (χ4v) is 4.13. The number of hydrogen-bond acceptors (Lipinski definition) is 3. The summed E-state index contributed by atoms with van der Waals surface area (Å²) in [6.07, 6.45) is 1.22. The van der Waals surface area contributed by atoms with Crippen molar-refractivity contribution in [3.05, 3.63) is 59.2 Å². The van der Waals surface area contributed by atoms with E-state index < -0.39 is 33.6 Å². The Morgan fingerprint density at radius 3 is 2.15 bits per heavy atom. The first-order valence-electron chi connectivity index (χ1n) is 8.36. The van der Waals surface area contributed by atoms with E-state index in [9.17, 15) is 22.0 Å². The van der Waals surface area contributed by atoms with Gasteiger partial charge in [0, 0.05) is 11.8 Å². The van der Waals surface area contributed by atoms with Crippen LogP contribution in [0.25, 0.3) is 0 Å². The molecule has 0 fully saturated rings. The van der Waals surface area contributed by atoms with Gasteiger partial charge in [0.05, 0.1) is 11.9 Å². The Bertz CT molecular complexity index is 941. The summed E-state index contributed by atoms with van der Waals surface area (Å²) < 4.78 is 52.4. The number of rotatable bonds is 6. The first-order chi connectivity index (χ1) is 12.5. The summed E-state index contributed by atoms with van der Waals surface area (Å²) in [6, 6.07) is 7.17. The van der Waals surface area contributed by atoms with Gasteiger partial charge in [0.2, 0.25) is 15.9 Å². The van der Waals surface area contributed by atoms with Crippen LogP contribution in [0.4, 0.5) is 20.2 Å². The van der Waals surface area contributed by atoms with E-state index in [2.05, 4.69) is 5.32 Å². The number of amides is 1.